The van der Waals surface area contributed by atoms with E-state index in [1.54, 1.807) is 12.4 Å². The Labute approximate surface area is 112 Å². The molecule has 1 aliphatic heterocycles. The molecule has 2 heterocycles. The van der Waals surface area contributed by atoms with E-state index < -0.39 is 0 Å². The molecule has 1 N–H and O–H groups in total. The van der Waals surface area contributed by atoms with Crippen molar-refractivity contribution in [2.75, 3.05) is 38.5 Å². The second-order valence-corrected chi connectivity index (χ2v) is 5.30. The Morgan fingerprint density at radius 3 is 2.53 bits per heavy atom. The summed E-state index contributed by atoms with van der Waals surface area (Å²) in [4.78, 5) is 24.8. The minimum Gasteiger partial charge on any atom is -0.366 e. The quantitative estimate of drug-likeness (QED) is 0.855. The van der Waals surface area contributed by atoms with E-state index in [2.05, 4.69) is 27.2 Å². The van der Waals surface area contributed by atoms with E-state index in [-0.39, 0.29) is 5.91 Å². The van der Waals surface area contributed by atoms with Crippen LogP contribution in [0.5, 0.6) is 0 Å². The number of carbonyl (C=O) groups is 1. The van der Waals surface area contributed by atoms with Crippen molar-refractivity contribution in [2.45, 2.75) is 18.9 Å². The number of carbonyl (C=O) groups excluding carboxylic acids is 1. The van der Waals surface area contributed by atoms with Gasteiger partial charge in [-0.15, -0.1) is 0 Å². The van der Waals surface area contributed by atoms with Gasteiger partial charge >= 0.3 is 0 Å². The van der Waals surface area contributed by atoms with Gasteiger partial charge in [-0.25, -0.2) is 9.97 Å². The highest BCUT2D eigenvalue weighted by Gasteiger charge is 2.23. The SMILES string of the molecule is CN1CCN(C(=O)c2cnc(NC3CC3)cn2)CC1. The molecule has 1 aromatic rings. The molecule has 0 atom stereocenters. The van der Waals surface area contributed by atoms with Crippen molar-refractivity contribution in [3.8, 4) is 0 Å². The minimum absolute atomic E-state index is 0.0152. The van der Waals surface area contributed by atoms with Crippen LogP contribution in [-0.4, -0.2) is 64.9 Å². The highest BCUT2D eigenvalue weighted by atomic mass is 16.2. The van der Waals surface area contributed by atoms with Crippen LogP contribution in [-0.2, 0) is 0 Å². The molecule has 0 radical (unpaired) electrons. The van der Waals surface area contributed by atoms with Gasteiger partial charge < -0.3 is 15.1 Å². The molecule has 1 aromatic heterocycles. The lowest BCUT2D eigenvalue weighted by atomic mass is 10.3. The van der Waals surface area contributed by atoms with Crippen molar-refractivity contribution in [3.05, 3.63) is 18.1 Å². The number of hydrogen-bond donors (Lipinski definition) is 1. The van der Waals surface area contributed by atoms with E-state index in [1.807, 2.05) is 4.90 Å². The first-order valence-electron chi connectivity index (χ1n) is 6.79. The van der Waals surface area contributed by atoms with Crippen LogP contribution in [0.1, 0.15) is 23.3 Å². The molecular weight excluding hydrogens is 242 g/mol. The van der Waals surface area contributed by atoms with E-state index in [4.69, 9.17) is 0 Å². The largest absolute Gasteiger partial charge is 0.366 e. The van der Waals surface area contributed by atoms with Crippen molar-refractivity contribution in [2.24, 2.45) is 0 Å². The first-order valence-corrected chi connectivity index (χ1v) is 6.79. The van der Waals surface area contributed by atoms with Crippen molar-refractivity contribution in [3.63, 3.8) is 0 Å². The lowest BCUT2D eigenvalue weighted by Gasteiger charge is -2.32. The topological polar surface area (TPSA) is 61.4 Å². The molecule has 2 fully saturated rings. The number of nitrogens with zero attached hydrogens (tertiary/aromatic N) is 4. The molecule has 19 heavy (non-hydrogen) atoms. The van der Waals surface area contributed by atoms with Crippen LogP contribution in [0.3, 0.4) is 0 Å². The average molecular weight is 261 g/mol. The van der Waals surface area contributed by atoms with Crippen molar-refractivity contribution >= 4 is 11.7 Å². The number of amides is 1. The first kappa shape index (κ1) is 12.3. The maximum absolute atomic E-state index is 12.2. The number of anilines is 1. The average Bonchev–Trinajstić information content (AvgIpc) is 3.24. The fourth-order valence-corrected chi connectivity index (χ4v) is 2.12. The van der Waals surface area contributed by atoms with E-state index in [9.17, 15) is 4.79 Å². The number of aromatic nitrogens is 2. The predicted octanol–water partition coefficient (Wildman–Crippen LogP) is 0.438. The summed E-state index contributed by atoms with van der Waals surface area (Å²) < 4.78 is 0. The van der Waals surface area contributed by atoms with Gasteiger partial charge in [-0.2, -0.15) is 0 Å². The zero-order valence-corrected chi connectivity index (χ0v) is 11.2. The van der Waals surface area contributed by atoms with Crippen LogP contribution in [0.15, 0.2) is 12.4 Å². The molecule has 102 valence electrons. The molecule has 1 saturated heterocycles. The van der Waals surface area contributed by atoms with E-state index in [0.29, 0.717) is 11.7 Å². The standard InChI is InChI=1S/C13H19N5O/c1-17-4-6-18(7-5-17)13(19)11-8-15-12(9-14-11)16-10-2-3-10/h8-10H,2-7H2,1H3,(H,15,16). The second kappa shape index (κ2) is 5.13. The third-order valence-corrected chi connectivity index (χ3v) is 3.59. The Hall–Kier alpha value is -1.69. The van der Waals surface area contributed by atoms with Crippen LogP contribution < -0.4 is 5.32 Å². The van der Waals surface area contributed by atoms with Crippen molar-refractivity contribution in [1.29, 1.82) is 0 Å². The summed E-state index contributed by atoms with van der Waals surface area (Å²) in [6.07, 6.45) is 5.63. The number of likely N-dealkylation sites (N-methyl/N-ethyl adjacent to an activating group) is 1. The molecular formula is C13H19N5O. The second-order valence-electron chi connectivity index (χ2n) is 5.30. The molecule has 1 amide bonds. The molecule has 1 saturated carbocycles. The van der Waals surface area contributed by atoms with Gasteiger partial charge in [-0.05, 0) is 19.9 Å². The zero-order chi connectivity index (χ0) is 13.2. The third-order valence-electron chi connectivity index (χ3n) is 3.59. The highest BCUT2D eigenvalue weighted by molar-refractivity contribution is 5.92. The molecule has 0 spiro atoms. The number of piperazine rings is 1. The summed E-state index contributed by atoms with van der Waals surface area (Å²) in [7, 11) is 2.07. The van der Waals surface area contributed by atoms with E-state index in [0.717, 1.165) is 32.0 Å². The summed E-state index contributed by atoms with van der Waals surface area (Å²) in [5.74, 6) is 0.746. The van der Waals surface area contributed by atoms with Gasteiger partial charge in [-0.3, -0.25) is 4.79 Å². The molecule has 0 aromatic carbocycles. The summed E-state index contributed by atoms with van der Waals surface area (Å²) >= 11 is 0. The summed E-state index contributed by atoms with van der Waals surface area (Å²) in [6.45, 7) is 3.36. The normalized spacial score (nSPS) is 20.4. The summed E-state index contributed by atoms with van der Waals surface area (Å²) in [5.41, 5.74) is 0.436. The summed E-state index contributed by atoms with van der Waals surface area (Å²) in [6, 6.07) is 0.550. The maximum atomic E-state index is 12.2. The molecule has 3 rings (SSSR count). The van der Waals surface area contributed by atoms with E-state index >= 15 is 0 Å². The van der Waals surface area contributed by atoms with E-state index in [1.165, 1.54) is 12.8 Å². The van der Waals surface area contributed by atoms with Gasteiger partial charge in [0.2, 0.25) is 0 Å². The predicted molar refractivity (Wildman–Crippen MR) is 72.1 cm³/mol. The number of nitrogens with one attached hydrogen (secondary N) is 1. The minimum atomic E-state index is -0.0152. The first-order chi connectivity index (χ1) is 9.22. The Balaban J connectivity index is 1.62. The van der Waals surface area contributed by atoms with Crippen molar-refractivity contribution in [1.82, 2.24) is 19.8 Å². The molecule has 0 unspecified atom stereocenters. The highest BCUT2D eigenvalue weighted by Crippen LogP contribution is 2.23. The molecule has 0 bridgehead atoms. The fourth-order valence-electron chi connectivity index (χ4n) is 2.12. The lowest BCUT2D eigenvalue weighted by molar-refractivity contribution is 0.0658. The van der Waals surface area contributed by atoms with Crippen LogP contribution in [0.4, 0.5) is 5.82 Å². The van der Waals surface area contributed by atoms with Gasteiger partial charge in [0.05, 0.1) is 12.4 Å². The molecule has 1 aliphatic carbocycles. The zero-order valence-electron chi connectivity index (χ0n) is 11.2. The Morgan fingerprint density at radius 1 is 1.21 bits per heavy atom. The third kappa shape index (κ3) is 3.01. The van der Waals surface area contributed by atoms with Crippen molar-refractivity contribution < 1.29 is 4.79 Å². The molecule has 6 nitrogen and oxygen atoms in total. The fraction of sp³-hybridized carbons (Fsp3) is 0.615. The Morgan fingerprint density at radius 2 is 1.95 bits per heavy atom. The van der Waals surface area contributed by atoms with Gasteiger partial charge in [0, 0.05) is 32.2 Å². The van der Waals surface area contributed by atoms with Crippen LogP contribution in [0.25, 0.3) is 0 Å². The lowest BCUT2D eigenvalue weighted by Crippen LogP contribution is -2.47. The van der Waals surface area contributed by atoms with Crippen LogP contribution in [0.2, 0.25) is 0 Å². The smallest absolute Gasteiger partial charge is 0.274 e. The Bertz CT molecular complexity index is 449. The van der Waals surface area contributed by atoms with Gasteiger partial charge in [0.25, 0.3) is 5.91 Å². The Kier molecular flexibility index (Phi) is 3.33. The maximum Gasteiger partial charge on any atom is 0.274 e. The van der Waals surface area contributed by atoms with Gasteiger partial charge in [0.15, 0.2) is 0 Å². The number of rotatable bonds is 3. The number of hydrogen-bond acceptors (Lipinski definition) is 5. The molecule has 2 aliphatic rings. The van der Waals surface area contributed by atoms with Gasteiger partial charge in [0.1, 0.15) is 11.5 Å². The monoisotopic (exact) mass is 261 g/mol. The molecule has 6 heteroatoms. The summed E-state index contributed by atoms with van der Waals surface area (Å²) in [5, 5.41) is 3.26. The van der Waals surface area contributed by atoms with Gasteiger partial charge in [-0.1, -0.05) is 0 Å². The van der Waals surface area contributed by atoms with Crippen LogP contribution in [0, 0.1) is 0 Å². The van der Waals surface area contributed by atoms with Crippen LogP contribution >= 0.6 is 0 Å².